The van der Waals surface area contributed by atoms with Crippen LogP contribution in [0.5, 0.6) is 0 Å². The van der Waals surface area contributed by atoms with Gasteiger partial charge in [-0.15, -0.1) is 0 Å². The summed E-state index contributed by atoms with van der Waals surface area (Å²) in [6.07, 6.45) is 7.88. The van der Waals surface area contributed by atoms with E-state index in [9.17, 15) is 0 Å². The van der Waals surface area contributed by atoms with Crippen LogP contribution in [0.1, 0.15) is 18.2 Å². The molecule has 0 aliphatic rings. The Morgan fingerprint density at radius 1 is 1.29 bits per heavy atom. The fourth-order valence-electron chi connectivity index (χ4n) is 2.18. The highest BCUT2D eigenvalue weighted by Gasteiger charge is 2.05. The van der Waals surface area contributed by atoms with E-state index in [1.165, 1.54) is 11.9 Å². The van der Waals surface area contributed by atoms with Gasteiger partial charge in [-0.1, -0.05) is 6.92 Å². The van der Waals surface area contributed by atoms with Crippen molar-refractivity contribution in [2.24, 2.45) is 7.05 Å². The smallest absolute Gasteiger partial charge is 0.155 e. The molecule has 0 bridgehead atoms. The third kappa shape index (κ3) is 2.91. The van der Waals surface area contributed by atoms with E-state index >= 15 is 0 Å². The second-order valence-corrected chi connectivity index (χ2v) is 4.73. The molecule has 0 amide bonds. The van der Waals surface area contributed by atoms with Gasteiger partial charge in [0, 0.05) is 25.4 Å². The summed E-state index contributed by atoms with van der Waals surface area (Å²) in [6.45, 7) is 2.85. The van der Waals surface area contributed by atoms with Crippen molar-refractivity contribution in [3.05, 3.63) is 48.4 Å². The lowest BCUT2D eigenvalue weighted by atomic mass is 10.2. The molecule has 0 aliphatic heterocycles. The molecule has 7 heteroatoms. The lowest BCUT2D eigenvalue weighted by Gasteiger charge is -2.06. The van der Waals surface area contributed by atoms with Crippen molar-refractivity contribution >= 4 is 5.69 Å². The van der Waals surface area contributed by atoms with Crippen LogP contribution in [0.4, 0.5) is 5.69 Å². The average Bonchev–Trinajstić information content (AvgIpc) is 3.15. The Hall–Kier alpha value is -2.70. The minimum atomic E-state index is 0.737. The Balaban J connectivity index is 1.68. The fraction of sp³-hybridized carbons (Fsp3) is 0.286. The van der Waals surface area contributed by atoms with E-state index in [4.69, 9.17) is 0 Å². The van der Waals surface area contributed by atoms with E-state index in [0.717, 1.165) is 30.2 Å². The molecule has 0 radical (unpaired) electrons. The first-order chi connectivity index (χ1) is 10.3. The first kappa shape index (κ1) is 13.3. The van der Waals surface area contributed by atoms with Crippen molar-refractivity contribution in [2.45, 2.75) is 19.9 Å². The van der Waals surface area contributed by atoms with Crippen LogP contribution >= 0.6 is 0 Å². The molecule has 21 heavy (non-hydrogen) atoms. The van der Waals surface area contributed by atoms with E-state index in [1.807, 2.05) is 30.1 Å². The zero-order valence-electron chi connectivity index (χ0n) is 12.1. The number of rotatable bonds is 5. The number of aromatic nitrogens is 6. The summed E-state index contributed by atoms with van der Waals surface area (Å²) in [5.74, 6) is 0.744. The first-order valence-electron chi connectivity index (χ1n) is 6.82. The topological polar surface area (TPSA) is 73.5 Å². The quantitative estimate of drug-likeness (QED) is 0.769. The summed E-state index contributed by atoms with van der Waals surface area (Å²) in [6, 6.07) is 3.88. The molecule has 0 atom stereocenters. The van der Waals surface area contributed by atoms with Gasteiger partial charge in [0.15, 0.2) is 5.82 Å². The van der Waals surface area contributed by atoms with Crippen molar-refractivity contribution in [3.63, 3.8) is 0 Å². The molecule has 108 valence electrons. The van der Waals surface area contributed by atoms with E-state index in [2.05, 4.69) is 32.4 Å². The van der Waals surface area contributed by atoms with E-state index < -0.39 is 0 Å². The maximum atomic E-state index is 4.43. The summed E-state index contributed by atoms with van der Waals surface area (Å²) < 4.78 is 3.47. The summed E-state index contributed by atoms with van der Waals surface area (Å²) in [5, 5.41) is 11.8. The molecule has 0 saturated heterocycles. The van der Waals surface area contributed by atoms with Crippen molar-refractivity contribution in [3.8, 4) is 5.82 Å². The van der Waals surface area contributed by atoms with E-state index in [-0.39, 0.29) is 0 Å². The van der Waals surface area contributed by atoms with Gasteiger partial charge in [0.05, 0.1) is 17.6 Å². The molecule has 0 saturated carbocycles. The van der Waals surface area contributed by atoms with E-state index in [1.54, 1.807) is 17.2 Å². The fourth-order valence-corrected chi connectivity index (χ4v) is 2.18. The minimum absolute atomic E-state index is 0.737. The van der Waals surface area contributed by atoms with Crippen molar-refractivity contribution in [2.75, 3.05) is 5.32 Å². The van der Waals surface area contributed by atoms with Crippen LogP contribution in [0.25, 0.3) is 5.82 Å². The molecule has 1 N–H and O–H groups in total. The highest BCUT2D eigenvalue weighted by molar-refractivity contribution is 5.44. The van der Waals surface area contributed by atoms with Gasteiger partial charge < -0.3 is 5.32 Å². The Bertz CT molecular complexity index is 698. The lowest BCUT2D eigenvalue weighted by molar-refractivity contribution is 0.746. The largest absolute Gasteiger partial charge is 0.380 e. The van der Waals surface area contributed by atoms with Crippen molar-refractivity contribution < 1.29 is 0 Å². The van der Waals surface area contributed by atoms with Crippen LogP contribution in [0, 0.1) is 0 Å². The Labute approximate surface area is 122 Å². The molecule has 3 aromatic heterocycles. The molecular formula is C14H17N7. The number of hydrogen-bond acceptors (Lipinski definition) is 5. The molecule has 0 fully saturated rings. The maximum absolute atomic E-state index is 4.43. The zero-order chi connectivity index (χ0) is 14.7. The second-order valence-electron chi connectivity index (χ2n) is 4.73. The number of pyridine rings is 1. The van der Waals surface area contributed by atoms with Crippen LogP contribution in [0.15, 0.2) is 37.2 Å². The highest BCUT2D eigenvalue weighted by atomic mass is 15.3. The van der Waals surface area contributed by atoms with Gasteiger partial charge in [0.2, 0.25) is 0 Å². The lowest BCUT2D eigenvalue weighted by Crippen LogP contribution is -2.03. The molecule has 0 aromatic carbocycles. The van der Waals surface area contributed by atoms with Crippen molar-refractivity contribution in [1.29, 1.82) is 0 Å². The van der Waals surface area contributed by atoms with Gasteiger partial charge in [-0.05, 0) is 18.6 Å². The molecule has 0 aliphatic carbocycles. The summed E-state index contributed by atoms with van der Waals surface area (Å²) in [7, 11) is 1.94. The molecule has 7 nitrogen and oxygen atoms in total. The highest BCUT2D eigenvalue weighted by Crippen LogP contribution is 2.12. The van der Waals surface area contributed by atoms with Gasteiger partial charge in [0.1, 0.15) is 12.7 Å². The standard InChI is InChI=1S/C14H17N7/c1-3-13-11(8-20(2)19-13)6-16-12-4-5-14(17-7-12)21-10-15-9-18-21/h4-5,7-10,16H,3,6H2,1-2H3. The average molecular weight is 283 g/mol. The number of nitrogens with zero attached hydrogens (tertiary/aromatic N) is 6. The molecule has 0 unspecified atom stereocenters. The molecule has 3 heterocycles. The van der Waals surface area contributed by atoms with Crippen molar-refractivity contribution in [1.82, 2.24) is 29.5 Å². The normalized spacial score (nSPS) is 10.8. The van der Waals surface area contributed by atoms with Gasteiger partial charge in [-0.3, -0.25) is 4.68 Å². The second kappa shape index (κ2) is 5.74. The Morgan fingerprint density at radius 3 is 2.86 bits per heavy atom. The van der Waals surface area contributed by atoms with Crippen LogP contribution in [0.3, 0.4) is 0 Å². The van der Waals surface area contributed by atoms with E-state index in [0.29, 0.717) is 0 Å². The monoisotopic (exact) mass is 283 g/mol. The van der Waals surface area contributed by atoms with Crippen LogP contribution in [0.2, 0.25) is 0 Å². The molecule has 0 spiro atoms. The number of hydrogen-bond donors (Lipinski definition) is 1. The van der Waals surface area contributed by atoms with Crippen LogP contribution in [-0.4, -0.2) is 29.5 Å². The number of nitrogens with one attached hydrogen (secondary N) is 1. The predicted molar refractivity (Wildman–Crippen MR) is 79.1 cm³/mol. The summed E-state index contributed by atoms with van der Waals surface area (Å²) in [5.41, 5.74) is 3.29. The van der Waals surface area contributed by atoms with Gasteiger partial charge >= 0.3 is 0 Å². The van der Waals surface area contributed by atoms with Gasteiger partial charge in [-0.25, -0.2) is 14.6 Å². The maximum Gasteiger partial charge on any atom is 0.155 e. The molecular weight excluding hydrogens is 266 g/mol. The summed E-state index contributed by atoms with van der Waals surface area (Å²) in [4.78, 5) is 8.26. The molecule has 3 aromatic rings. The number of aryl methyl sites for hydroxylation is 2. The van der Waals surface area contributed by atoms with Gasteiger partial charge in [-0.2, -0.15) is 10.2 Å². The zero-order valence-corrected chi connectivity index (χ0v) is 12.1. The van der Waals surface area contributed by atoms with Crippen LogP contribution in [-0.2, 0) is 20.0 Å². The first-order valence-corrected chi connectivity index (χ1v) is 6.82. The Morgan fingerprint density at radius 2 is 2.19 bits per heavy atom. The van der Waals surface area contributed by atoms with Crippen LogP contribution < -0.4 is 5.32 Å². The molecule has 3 rings (SSSR count). The minimum Gasteiger partial charge on any atom is -0.380 e. The summed E-state index contributed by atoms with van der Waals surface area (Å²) >= 11 is 0. The predicted octanol–water partition coefficient (Wildman–Crippen LogP) is 1.57. The Kier molecular flexibility index (Phi) is 3.63. The third-order valence-corrected chi connectivity index (χ3v) is 3.21. The number of anilines is 1. The SMILES string of the molecule is CCc1nn(C)cc1CNc1ccc(-n2cncn2)nc1. The van der Waals surface area contributed by atoms with Gasteiger partial charge in [0.25, 0.3) is 0 Å². The third-order valence-electron chi connectivity index (χ3n) is 3.21.